The second kappa shape index (κ2) is 3.12. The van der Waals surface area contributed by atoms with Crippen molar-refractivity contribution in [3.05, 3.63) is 23.5 Å². The van der Waals surface area contributed by atoms with Crippen molar-refractivity contribution in [3.8, 4) is 0 Å². The average molecular weight is 251 g/mol. The van der Waals surface area contributed by atoms with E-state index in [9.17, 15) is 8.42 Å². The molecule has 1 heterocycles. The van der Waals surface area contributed by atoms with E-state index in [4.69, 9.17) is 22.3 Å². The Hall–Kier alpha value is -0.780. The molecule has 0 unspecified atom stereocenters. The zero-order valence-electron chi connectivity index (χ0n) is 6.66. The Balaban J connectivity index is 2.98. The van der Waals surface area contributed by atoms with Gasteiger partial charge in [-0.15, -0.1) is 0 Å². The minimum Gasteiger partial charge on any atom is -0.345 e. The quantitative estimate of drug-likeness (QED) is 0.790. The molecule has 0 saturated carbocycles. The zero-order valence-corrected chi connectivity index (χ0v) is 8.99. The maximum absolute atomic E-state index is 11.2. The standard InChI is InChI=1S/C7H4Cl2N2O2S/c8-4-1-2-5-6(11-3-10-5)7(4)14(9,12)13/h1-3H,(H,10,11). The van der Waals surface area contributed by atoms with Crippen LogP contribution < -0.4 is 0 Å². The molecule has 0 aliphatic rings. The lowest BCUT2D eigenvalue weighted by atomic mass is 10.3. The van der Waals surface area contributed by atoms with Crippen molar-refractivity contribution in [2.45, 2.75) is 4.90 Å². The molecule has 0 spiro atoms. The van der Waals surface area contributed by atoms with Gasteiger partial charge in [-0.2, -0.15) is 0 Å². The Kier molecular flexibility index (Phi) is 2.17. The second-order valence-corrected chi connectivity index (χ2v) is 5.52. The molecule has 7 heteroatoms. The molecular formula is C7H4Cl2N2O2S. The van der Waals surface area contributed by atoms with Crippen molar-refractivity contribution in [1.29, 1.82) is 0 Å². The maximum atomic E-state index is 11.2. The fraction of sp³-hybridized carbons (Fsp3) is 0. The molecule has 1 aromatic heterocycles. The van der Waals surface area contributed by atoms with Crippen molar-refractivity contribution in [1.82, 2.24) is 9.97 Å². The topological polar surface area (TPSA) is 62.8 Å². The first kappa shape index (κ1) is 9.76. The van der Waals surface area contributed by atoms with Crippen molar-refractivity contribution in [2.75, 3.05) is 0 Å². The van der Waals surface area contributed by atoms with Gasteiger partial charge in [-0.1, -0.05) is 11.6 Å². The molecule has 0 bridgehead atoms. The fourth-order valence-electron chi connectivity index (χ4n) is 1.19. The summed E-state index contributed by atoms with van der Waals surface area (Å²) in [6.07, 6.45) is 1.38. The Labute approximate surface area is 89.3 Å². The molecule has 0 fully saturated rings. The van der Waals surface area contributed by atoms with Crippen LogP contribution in [0, 0.1) is 0 Å². The van der Waals surface area contributed by atoms with Crippen molar-refractivity contribution in [3.63, 3.8) is 0 Å². The Morgan fingerprint density at radius 3 is 2.71 bits per heavy atom. The normalized spacial score (nSPS) is 12.1. The van der Waals surface area contributed by atoms with Crippen LogP contribution in [0.4, 0.5) is 0 Å². The average Bonchev–Trinajstić information content (AvgIpc) is 2.48. The smallest absolute Gasteiger partial charge is 0.265 e. The van der Waals surface area contributed by atoms with Gasteiger partial charge in [0, 0.05) is 10.7 Å². The molecular weight excluding hydrogens is 247 g/mol. The lowest BCUT2D eigenvalue weighted by Crippen LogP contribution is -1.93. The number of imidazole rings is 1. The van der Waals surface area contributed by atoms with Gasteiger partial charge in [-0.3, -0.25) is 0 Å². The molecule has 1 N–H and O–H groups in total. The third kappa shape index (κ3) is 1.47. The maximum Gasteiger partial charge on any atom is 0.265 e. The van der Waals surface area contributed by atoms with Gasteiger partial charge in [0.1, 0.15) is 10.4 Å². The molecule has 2 rings (SSSR count). The van der Waals surface area contributed by atoms with Gasteiger partial charge in [0.2, 0.25) is 0 Å². The van der Waals surface area contributed by atoms with Crippen LogP contribution >= 0.6 is 22.3 Å². The highest BCUT2D eigenvalue weighted by Crippen LogP contribution is 2.30. The van der Waals surface area contributed by atoms with E-state index < -0.39 is 9.05 Å². The minimum absolute atomic E-state index is 0.0691. The van der Waals surface area contributed by atoms with E-state index in [1.807, 2.05) is 0 Å². The van der Waals surface area contributed by atoms with Gasteiger partial charge in [0.05, 0.1) is 16.9 Å². The van der Waals surface area contributed by atoms with Crippen LogP contribution in [0.1, 0.15) is 0 Å². The molecule has 0 aliphatic carbocycles. The SMILES string of the molecule is O=S(=O)(Cl)c1c(Cl)ccc2[nH]cnc12. The van der Waals surface area contributed by atoms with E-state index in [0.717, 1.165) is 0 Å². The van der Waals surface area contributed by atoms with Gasteiger partial charge in [-0.05, 0) is 12.1 Å². The van der Waals surface area contributed by atoms with Gasteiger partial charge < -0.3 is 4.98 Å². The lowest BCUT2D eigenvalue weighted by Gasteiger charge is -1.99. The summed E-state index contributed by atoms with van der Waals surface area (Å²) in [7, 11) is 1.36. The Morgan fingerprint density at radius 2 is 2.07 bits per heavy atom. The molecule has 4 nitrogen and oxygen atoms in total. The number of aromatic nitrogens is 2. The highest BCUT2D eigenvalue weighted by molar-refractivity contribution is 8.14. The summed E-state index contributed by atoms with van der Waals surface area (Å²) in [4.78, 5) is 6.46. The van der Waals surface area contributed by atoms with Gasteiger partial charge >= 0.3 is 0 Å². The highest BCUT2D eigenvalue weighted by Gasteiger charge is 2.20. The largest absolute Gasteiger partial charge is 0.345 e. The molecule has 74 valence electrons. The number of halogens is 2. The molecule has 2 aromatic rings. The predicted molar refractivity (Wildman–Crippen MR) is 54.1 cm³/mol. The number of aromatic amines is 1. The summed E-state index contributed by atoms with van der Waals surface area (Å²) in [5.41, 5.74) is 0.834. The van der Waals surface area contributed by atoms with E-state index in [1.165, 1.54) is 12.4 Å². The van der Waals surface area contributed by atoms with Crippen LogP contribution in [0.15, 0.2) is 23.4 Å². The summed E-state index contributed by atoms with van der Waals surface area (Å²) in [6, 6.07) is 3.09. The van der Waals surface area contributed by atoms with Crippen molar-refractivity contribution < 1.29 is 8.42 Å². The first-order valence-corrected chi connectivity index (χ1v) is 6.25. The Morgan fingerprint density at radius 1 is 1.36 bits per heavy atom. The summed E-state index contributed by atoms with van der Waals surface area (Å²) in [5.74, 6) is 0. The first-order valence-electron chi connectivity index (χ1n) is 3.56. The highest BCUT2D eigenvalue weighted by atomic mass is 35.7. The van der Waals surface area contributed by atoms with E-state index in [1.54, 1.807) is 6.07 Å². The minimum atomic E-state index is -3.87. The molecule has 0 aliphatic heterocycles. The van der Waals surface area contributed by atoms with Crippen molar-refractivity contribution in [2.24, 2.45) is 0 Å². The van der Waals surface area contributed by atoms with Crippen molar-refractivity contribution >= 4 is 42.4 Å². The number of hydrogen-bond donors (Lipinski definition) is 1. The summed E-state index contributed by atoms with van der Waals surface area (Å²) >= 11 is 5.73. The van der Waals surface area contributed by atoms with E-state index in [0.29, 0.717) is 5.52 Å². The van der Waals surface area contributed by atoms with Crippen LogP contribution in [0.25, 0.3) is 11.0 Å². The molecule has 1 aromatic carbocycles. The van der Waals surface area contributed by atoms with Gasteiger partial charge in [0.25, 0.3) is 9.05 Å². The second-order valence-electron chi connectivity index (χ2n) is 2.61. The number of nitrogens with one attached hydrogen (secondary N) is 1. The number of rotatable bonds is 1. The van der Waals surface area contributed by atoms with Crippen LogP contribution in [0.2, 0.25) is 5.02 Å². The van der Waals surface area contributed by atoms with E-state index in [2.05, 4.69) is 9.97 Å². The summed E-state index contributed by atoms with van der Waals surface area (Å²) in [5, 5.41) is 0.0691. The number of fused-ring (bicyclic) bond motifs is 1. The fourth-order valence-corrected chi connectivity index (χ4v) is 2.93. The lowest BCUT2D eigenvalue weighted by molar-refractivity contribution is 0.610. The van der Waals surface area contributed by atoms with Crippen LogP contribution in [0.3, 0.4) is 0 Å². The number of H-pyrrole nitrogens is 1. The predicted octanol–water partition coefficient (Wildman–Crippen LogP) is 2.14. The van der Waals surface area contributed by atoms with Gasteiger partial charge in [-0.25, -0.2) is 13.4 Å². The number of benzene rings is 1. The summed E-state index contributed by atoms with van der Waals surface area (Å²) < 4.78 is 22.4. The van der Waals surface area contributed by atoms with E-state index in [-0.39, 0.29) is 15.4 Å². The van der Waals surface area contributed by atoms with Gasteiger partial charge in [0.15, 0.2) is 0 Å². The third-order valence-electron chi connectivity index (χ3n) is 1.74. The van der Waals surface area contributed by atoms with Crippen LogP contribution in [-0.2, 0) is 9.05 Å². The monoisotopic (exact) mass is 250 g/mol. The number of nitrogens with zero attached hydrogens (tertiary/aromatic N) is 1. The molecule has 0 amide bonds. The molecule has 0 saturated heterocycles. The zero-order chi connectivity index (χ0) is 10.3. The van der Waals surface area contributed by atoms with E-state index >= 15 is 0 Å². The first-order chi connectivity index (χ1) is 6.50. The third-order valence-corrected chi connectivity index (χ3v) is 3.53. The molecule has 14 heavy (non-hydrogen) atoms. The number of hydrogen-bond acceptors (Lipinski definition) is 3. The van der Waals surface area contributed by atoms with Crippen LogP contribution in [0.5, 0.6) is 0 Å². The Bertz CT molecular complexity index is 591. The molecule has 0 radical (unpaired) electrons. The summed E-state index contributed by atoms with van der Waals surface area (Å²) in [6.45, 7) is 0. The van der Waals surface area contributed by atoms with Crippen LogP contribution in [-0.4, -0.2) is 18.4 Å². The molecule has 0 atom stereocenters.